The van der Waals surface area contributed by atoms with Crippen LogP contribution in [0.15, 0.2) is 30.3 Å². The lowest BCUT2D eigenvalue weighted by Crippen LogP contribution is -2.24. The Morgan fingerprint density at radius 3 is 1.01 bits per heavy atom. The standard InChI is InChI=1S/C56H72O13/c1-7-11-15-19-34-38-23-39-35(20-16-12-8-2)51-45-27-47-53(56(51)69-29-59-6)37(22-18-14-10-4)49-43(63-33-67-47)25-42-48(54(49)57)36(21-17-13-9-3)52-46(66-32-62-42)26-44(50(34)55(52)68-28-58-5)64-30-60-40(38)24-41(39)61-31-65-45/h23-27,34-37,57H,7-22,28-33H2,1-6H3/t34-,35+,36+,37-. The molecule has 0 unspecified atom stereocenters. The van der Waals surface area contributed by atoms with E-state index in [-0.39, 0.29) is 58.3 Å². The molecular formula is C56H72O13. The van der Waals surface area contributed by atoms with Crippen molar-refractivity contribution in [3.05, 3.63) is 74.8 Å². The van der Waals surface area contributed by atoms with Crippen molar-refractivity contribution < 1.29 is 61.9 Å². The molecule has 0 saturated carbocycles. The van der Waals surface area contributed by atoms with Gasteiger partial charge in [0.25, 0.3) is 0 Å². The molecule has 4 atom stereocenters. The molecule has 1 aliphatic carbocycles. The van der Waals surface area contributed by atoms with Gasteiger partial charge in [-0.25, -0.2) is 0 Å². The van der Waals surface area contributed by atoms with Crippen LogP contribution in [0, 0.1) is 0 Å². The normalized spacial score (nSPS) is 19.0. The van der Waals surface area contributed by atoms with Gasteiger partial charge in [-0.05, 0) is 31.7 Å². The van der Waals surface area contributed by atoms with Crippen molar-refractivity contribution in [1.29, 1.82) is 0 Å². The predicted octanol–water partition coefficient (Wildman–Crippen LogP) is 13.4. The summed E-state index contributed by atoms with van der Waals surface area (Å²) in [5.41, 5.74) is 6.75. The summed E-state index contributed by atoms with van der Waals surface area (Å²) in [7, 11) is 3.28. The van der Waals surface area contributed by atoms with Crippen LogP contribution in [0.5, 0.6) is 63.2 Å². The lowest BCUT2D eigenvalue weighted by molar-refractivity contribution is 0.0470. The number of rotatable bonds is 22. The Morgan fingerprint density at radius 1 is 0.391 bits per heavy atom. The molecule has 1 N–H and O–H groups in total. The first-order chi connectivity index (χ1) is 34.0. The highest BCUT2D eigenvalue weighted by atomic mass is 16.7. The number of ether oxygens (including phenoxy) is 12. The monoisotopic (exact) mass is 952 g/mol. The minimum atomic E-state index is -0.456. The van der Waals surface area contributed by atoms with Crippen LogP contribution in [0.1, 0.15) is 199 Å². The van der Waals surface area contributed by atoms with E-state index in [2.05, 4.69) is 33.8 Å². The lowest BCUT2D eigenvalue weighted by atomic mass is 9.74. The molecule has 69 heavy (non-hydrogen) atoms. The second-order valence-electron chi connectivity index (χ2n) is 19.0. The number of hydrogen-bond donors (Lipinski definition) is 1. The van der Waals surface area contributed by atoms with Gasteiger partial charge in [0.05, 0.1) is 0 Å². The maximum absolute atomic E-state index is 13.6. The van der Waals surface area contributed by atoms with Crippen molar-refractivity contribution in [1.82, 2.24) is 0 Å². The van der Waals surface area contributed by atoms with Crippen LogP contribution in [0.3, 0.4) is 0 Å². The Hall–Kier alpha value is -5.40. The number of unbranched alkanes of at least 4 members (excludes halogenated alkanes) is 8. The maximum atomic E-state index is 13.6. The zero-order chi connectivity index (χ0) is 47.9. The Bertz CT molecular complexity index is 2260. The summed E-state index contributed by atoms with van der Waals surface area (Å²) in [6.07, 6.45) is 14.6. The van der Waals surface area contributed by atoms with Crippen LogP contribution in [0.4, 0.5) is 0 Å². The summed E-state index contributed by atoms with van der Waals surface area (Å²) in [6, 6.07) is 10.2. The fraction of sp³-hybridized carbons (Fsp3) is 0.571. The highest BCUT2D eigenvalue weighted by molar-refractivity contribution is 5.72. The maximum Gasteiger partial charge on any atom is 0.230 e. The molecule has 4 aliphatic heterocycles. The highest BCUT2D eigenvalue weighted by Gasteiger charge is 2.43. The van der Waals surface area contributed by atoms with Crippen molar-refractivity contribution in [2.24, 2.45) is 0 Å². The van der Waals surface area contributed by atoms with Crippen molar-refractivity contribution >= 4 is 0 Å². The molecule has 0 amide bonds. The highest BCUT2D eigenvalue weighted by Crippen LogP contribution is 2.62. The van der Waals surface area contributed by atoms with E-state index in [1.54, 1.807) is 14.2 Å². The predicted molar refractivity (Wildman–Crippen MR) is 261 cm³/mol. The van der Waals surface area contributed by atoms with Gasteiger partial charge in [-0.1, -0.05) is 105 Å². The van der Waals surface area contributed by atoms with Crippen LogP contribution in [0.2, 0.25) is 0 Å². The van der Waals surface area contributed by atoms with Crippen LogP contribution in [0.25, 0.3) is 0 Å². The molecular weight excluding hydrogens is 881 g/mol. The first-order valence-electron chi connectivity index (χ1n) is 25.7. The molecule has 0 fully saturated rings. The molecule has 0 aromatic heterocycles. The number of phenolic OH excluding ortho intramolecular Hbond substituents is 1. The Labute approximate surface area is 407 Å². The van der Waals surface area contributed by atoms with Gasteiger partial charge < -0.3 is 61.9 Å². The van der Waals surface area contributed by atoms with E-state index in [1.165, 1.54) is 0 Å². The Morgan fingerprint density at radius 2 is 0.681 bits per heavy atom. The van der Waals surface area contributed by atoms with Crippen molar-refractivity contribution in [2.45, 2.75) is 154 Å². The van der Waals surface area contributed by atoms with Gasteiger partial charge in [0.1, 0.15) is 63.2 Å². The fourth-order valence-electron chi connectivity index (χ4n) is 11.4. The largest absolute Gasteiger partial charge is 0.507 e. The van der Waals surface area contributed by atoms with Gasteiger partial charge in [0.2, 0.25) is 27.2 Å². The quantitative estimate of drug-likeness (QED) is 0.0593. The van der Waals surface area contributed by atoms with E-state index < -0.39 is 11.8 Å². The minimum Gasteiger partial charge on any atom is -0.507 e. The molecule has 9 rings (SSSR count). The number of aromatic hydroxyl groups is 1. The van der Waals surface area contributed by atoms with E-state index in [0.717, 1.165) is 123 Å². The van der Waals surface area contributed by atoms with Gasteiger partial charge in [0.15, 0.2) is 13.6 Å². The smallest absolute Gasteiger partial charge is 0.230 e. The molecule has 0 radical (unpaired) electrons. The second kappa shape index (κ2) is 22.6. The zero-order valence-electron chi connectivity index (χ0n) is 41.6. The molecule has 0 spiro atoms. The van der Waals surface area contributed by atoms with Crippen LogP contribution >= 0.6 is 0 Å². The zero-order valence-corrected chi connectivity index (χ0v) is 41.6. The molecule has 8 bridgehead atoms. The average Bonchev–Trinajstić information content (AvgIpc) is 3.32. The number of hydrogen-bond acceptors (Lipinski definition) is 13. The topological polar surface area (TPSA) is 131 Å². The van der Waals surface area contributed by atoms with Crippen molar-refractivity contribution in [3.63, 3.8) is 0 Å². The molecule has 13 nitrogen and oxygen atoms in total. The van der Waals surface area contributed by atoms with Crippen LogP contribution < -0.4 is 47.4 Å². The van der Waals surface area contributed by atoms with Gasteiger partial charge >= 0.3 is 0 Å². The first kappa shape index (κ1) is 48.6. The van der Waals surface area contributed by atoms with E-state index in [1.807, 2.05) is 24.3 Å². The molecule has 5 aliphatic rings. The van der Waals surface area contributed by atoms with E-state index in [0.29, 0.717) is 81.5 Å². The number of phenols is 1. The first-order valence-corrected chi connectivity index (χ1v) is 25.7. The van der Waals surface area contributed by atoms with Gasteiger partial charge in [-0.15, -0.1) is 0 Å². The third-order valence-electron chi connectivity index (χ3n) is 14.6. The number of benzene rings is 4. The Kier molecular flexibility index (Phi) is 15.9. The molecule has 0 saturated heterocycles. The van der Waals surface area contributed by atoms with Crippen LogP contribution in [-0.4, -0.2) is 60.1 Å². The van der Waals surface area contributed by atoms with Gasteiger partial charge in [-0.2, -0.15) is 0 Å². The second-order valence-corrected chi connectivity index (χ2v) is 19.0. The average molecular weight is 953 g/mol. The molecule has 4 heterocycles. The third kappa shape index (κ3) is 9.62. The molecule has 374 valence electrons. The van der Waals surface area contributed by atoms with Crippen molar-refractivity contribution in [3.8, 4) is 63.2 Å². The van der Waals surface area contributed by atoms with E-state index >= 15 is 0 Å². The Balaban J connectivity index is 1.48. The van der Waals surface area contributed by atoms with Crippen molar-refractivity contribution in [2.75, 3.05) is 55.0 Å². The van der Waals surface area contributed by atoms with E-state index in [4.69, 9.17) is 56.8 Å². The third-order valence-corrected chi connectivity index (χ3v) is 14.6. The summed E-state index contributed by atoms with van der Waals surface area (Å²) in [6.45, 7) is 8.37. The fourth-order valence-corrected chi connectivity index (χ4v) is 11.4. The molecule has 4 aromatic carbocycles. The lowest BCUT2D eigenvalue weighted by Gasteiger charge is -2.37. The number of methoxy groups -OCH3 is 2. The minimum absolute atomic E-state index is 0.0234. The SMILES string of the molecule is CCCCC[C@@H]1c2c3cc4c(c2O)[C@H](CCCCC)c2c(cc5c(c2OCOC)[C@H](CCCCC)c2cc6c(cc2OCO5)OCOc2cc(c1c(OCOC)c2[C@H]6CCCCC)OCO3)OCO4. The summed E-state index contributed by atoms with van der Waals surface area (Å²) in [4.78, 5) is 0. The van der Waals surface area contributed by atoms with Gasteiger partial charge in [-0.3, -0.25) is 0 Å². The summed E-state index contributed by atoms with van der Waals surface area (Å²) < 4.78 is 78.7. The summed E-state index contributed by atoms with van der Waals surface area (Å²) >= 11 is 0. The molecule has 13 heteroatoms. The van der Waals surface area contributed by atoms with E-state index in [9.17, 15) is 5.11 Å². The summed E-state index contributed by atoms with van der Waals surface area (Å²) in [5.74, 6) is 4.49. The van der Waals surface area contributed by atoms with Gasteiger partial charge in [0, 0.05) is 107 Å². The molecule has 4 aromatic rings. The van der Waals surface area contributed by atoms with Crippen LogP contribution in [-0.2, 0) is 9.47 Å². The summed E-state index contributed by atoms with van der Waals surface area (Å²) in [5, 5.41) is 13.6.